The van der Waals surface area contributed by atoms with Crippen molar-refractivity contribution in [3.05, 3.63) is 177 Å². The van der Waals surface area contributed by atoms with Gasteiger partial charge in [0.25, 0.3) is 46.4 Å². The minimum Gasteiger partial charge on any atom is -0.505 e. The van der Waals surface area contributed by atoms with Gasteiger partial charge in [0.2, 0.25) is 68.7 Å². The van der Waals surface area contributed by atoms with Crippen LogP contribution in [-0.4, -0.2) is 238 Å². The molecule has 59 heteroatoms. The number of fused-ring (bicyclic) bond motifs is 3. The fraction of sp³-hybridized carbons (Fsp3) is 0.208. The summed E-state index contributed by atoms with van der Waals surface area (Å²) in [5, 5.41) is 79.4. The molecular weight excluding hydrogens is 1990 g/mol. The van der Waals surface area contributed by atoms with E-state index in [2.05, 4.69) is 122 Å². The van der Waals surface area contributed by atoms with Crippen molar-refractivity contribution in [2.45, 2.75) is 51.2 Å². The molecule has 4 heterocycles. The number of sulfone groups is 1. The number of carbonyl (C=O) groups excluding carboxylic acids is 1. The highest BCUT2D eigenvalue weighted by molar-refractivity contribution is 7.91. The van der Waals surface area contributed by atoms with E-state index in [1.807, 2.05) is 0 Å². The van der Waals surface area contributed by atoms with Crippen molar-refractivity contribution >= 4 is 238 Å². The van der Waals surface area contributed by atoms with E-state index in [1.54, 1.807) is 96.4 Å². The number of nitrogens with one attached hydrogen (secondary N) is 7. The van der Waals surface area contributed by atoms with Crippen molar-refractivity contribution in [3.8, 4) is 17.2 Å². The molecule has 0 radical (unpaired) electrons. The molecule has 0 saturated carbocycles. The first kappa shape index (κ1) is 102. The van der Waals surface area contributed by atoms with E-state index >= 15 is 0 Å². The zero-order valence-corrected chi connectivity index (χ0v) is 78.3. The lowest BCUT2D eigenvalue weighted by Crippen LogP contribution is -2.31. The van der Waals surface area contributed by atoms with E-state index in [0.29, 0.717) is 99.0 Å². The number of aryl methyl sites for hydroxylation is 2. The van der Waals surface area contributed by atoms with Gasteiger partial charge in [0.05, 0.1) is 37.6 Å². The number of ether oxygens (including phenoxy) is 1. The molecule has 716 valence electrons. The Labute approximate surface area is 792 Å². The summed E-state index contributed by atoms with van der Waals surface area (Å²) >= 11 is 25.0. The predicted octanol–water partition coefficient (Wildman–Crippen LogP) is 11.6. The van der Waals surface area contributed by atoms with Crippen LogP contribution in [0.5, 0.6) is 17.2 Å². The Morgan fingerprint density at radius 3 is 1.34 bits per heavy atom. The molecule has 0 unspecified atom stereocenters. The van der Waals surface area contributed by atoms with Crippen LogP contribution in [-0.2, 0) is 64.9 Å². The first-order chi connectivity index (χ1) is 64.2. The summed E-state index contributed by atoms with van der Waals surface area (Å²) in [7, 11) is -25.9. The minimum atomic E-state index is -5.03. The lowest BCUT2D eigenvalue weighted by Gasteiger charge is -2.22. The Morgan fingerprint density at radius 2 is 0.875 bits per heavy atom. The van der Waals surface area contributed by atoms with Crippen molar-refractivity contribution < 1.29 is 107 Å². The van der Waals surface area contributed by atoms with Crippen molar-refractivity contribution in [1.82, 2.24) is 65.1 Å². The van der Waals surface area contributed by atoms with Gasteiger partial charge in [0.1, 0.15) is 48.1 Å². The maximum absolute atomic E-state index is 12.6. The van der Waals surface area contributed by atoms with Crippen molar-refractivity contribution in [1.29, 1.82) is 0 Å². The molecular formula is C77H75Cl4N25O24S6. The summed E-state index contributed by atoms with van der Waals surface area (Å²) in [6, 6.07) is 32.0. The number of azo groups is 2. The molecule has 136 heavy (non-hydrogen) atoms. The van der Waals surface area contributed by atoms with Gasteiger partial charge < -0.3 is 72.2 Å². The number of phenolic OH excluding ortho intramolecular Hbond substituents is 2. The lowest BCUT2D eigenvalue weighted by molar-refractivity contribution is 0.0962. The molecule has 0 spiro atoms. The van der Waals surface area contributed by atoms with Gasteiger partial charge >= 0.3 is 10.4 Å². The van der Waals surface area contributed by atoms with E-state index < -0.39 is 104 Å². The van der Waals surface area contributed by atoms with Crippen LogP contribution in [0.4, 0.5) is 93.1 Å². The number of aliphatic hydroxyl groups is 2. The van der Waals surface area contributed by atoms with Crippen LogP contribution in [0, 0.1) is 13.8 Å². The molecule has 0 aliphatic rings. The number of rotatable bonds is 39. The van der Waals surface area contributed by atoms with Crippen LogP contribution in [0.3, 0.4) is 0 Å². The number of phenols is 2. The summed E-state index contributed by atoms with van der Waals surface area (Å²) in [6.45, 7) is 3.45. The number of halogens is 4. The van der Waals surface area contributed by atoms with Gasteiger partial charge in [-0.3, -0.25) is 27.6 Å². The first-order valence-electron chi connectivity index (χ1n) is 39.0. The van der Waals surface area contributed by atoms with Gasteiger partial charge in [-0.1, -0.05) is 24.3 Å². The second kappa shape index (κ2) is 43.2. The summed E-state index contributed by atoms with van der Waals surface area (Å²) in [6.07, 6.45) is 0.898. The predicted molar refractivity (Wildman–Crippen MR) is 498 cm³/mol. The molecule has 0 saturated heterocycles. The molecule has 0 fully saturated rings. The Kier molecular flexibility index (Phi) is 32.3. The number of aromatic hydroxyl groups is 2. The highest BCUT2D eigenvalue weighted by Gasteiger charge is 2.29. The number of aromatic nitrogens is 12. The van der Waals surface area contributed by atoms with Crippen LogP contribution >= 0.6 is 46.4 Å². The zero-order chi connectivity index (χ0) is 98.5. The molecule has 9 aromatic carbocycles. The van der Waals surface area contributed by atoms with Crippen molar-refractivity contribution in [2.24, 2.45) is 20.5 Å². The Morgan fingerprint density at radius 1 is 0.434 bits per heavy atom. The van der Waals surface area contributed by atoms with E-state index in [9.17, 15) is 93.9 Å². The van der Waals surface area contributed by atoms with Crippen molar-refractivity contribution in [3.63, 3.8) is 0 Å². The van der Waals surface area contributed by atoms with Gasteiger partial charge in [-0.05, 0) is 204 Å². The lowest BCUT2D eigenvalue weighted by atomic mass is 10.0. The molecule has 0 aliphatic heterocycles. The number of anilines is 12. The third kappa shape index (κ3) is 26.5. The standard InChI is InChI=1S/C40H38Cl2N12O14S4.C37H37Cl2N13O10S2/c1-22-20-23-21-25(8-11-27(23)33(56)32(22)53-52-30-13-12-28-29(34(30)71(62,63)64)4-2-5-31(28)70(59,60)61)45-38-47-35(41)46-37(50-38)43-14-3-15-54(16-17-55)40-49-36(42)48-39(51-40)44-24-6-9-26(10-7-24)69(57,58)19-18-68-72(65,66)67;1-19-14-21-16-23(8-9-24(21)30(54)29(19)51-50-25-17-28(64(59,60)61)26(62-3)18-27(25)63(56,57)58)43-35-45-32(38)44-34(48-35)41-10-5-11-52(12-13-53)37-47-33(39)46-36(49-37)42-22-7-4-6-20(15-22)31(55)40-2/h2,4-13,20-21,55-56H,3,14-19H2,1H3,(H,59,60,61)(H,62,63,64)(H,65,66,67)(H,44,48,49,51)(H2,43,45,46,47,50);4,6-9,14-18,53-54H,5,10-13H2,1-3H3,(H,40,55)(H,56,57,58)(H,59,60,61)(H,42,46,47,49)(H2,41,43,44,45,48). The minimum absolute atomic E-state index is 0.00539. The quantitative estimate of drug-likeness (QED) is 0.00966. The molecule has 1 amide bonds. The number of carbonyl (C=O) groups is 1. The number of hydrogen-bond donors (Lipinski definition) is 16. The Bertz CT molecular complexity index is 7600. The number of aliphatic hydroxyl groups excluding tert-OH is 2. The summed E-state index contributed by atoms with van der Waals surface area (Å²) < 4.78 is 201. The maximum atomic E-state index is 12.6. The molecule has 0 aliphatic carbocycles. The molecule has 49 nitrogen and oxygen atoms in total. The highest BCUT2D eigenvalue weighted by Crippen LogP contribution is 2.45. The van der Waals surface area contributed by atoms with Crippen LogP contribution in [0.15, 0.2) is 184 Å². The number of methoxy groups -OCH3 is 1. The third-order valence-electron chi connectivity index (χ3n) is 19.0. The number of nitrogens with zero attached hydrogens (tertiary/aromatic N) is 18. The van der Waals surface area contributed by atoms with Crippen LogP contribution in [0.2, 0.25) is 21.1 Å². The normalized spacial score (nSPS) is 12.1. The SMILES string of the molecule is CNC(=O)c1cccc(Nc2nc(Cl)nc(N(CCO)CCCNc3nc(Cl)nc(Nc4ccc5c(O)c(N=Nc6cc(S(=O)(=O)O)c(OC)cc6S(=O)(=O)O)c(C)cc5c4)n3)n2)c1.Cc1cc2cc(Nc3nc(Cl)nc(NCCCN(CCO)c4nc(Cl)nc(Nc5ccc(S(=O)(=O)CCOS(=O)(=O)O)cc5)n4)n3)ccc2c(O)c1N=Nc1ccc2c(S(=O)(=O)O)cccc2c1S(=O)(=O)O. The van der Waals surface area contributed by atoms with Crippen LogP contribution < -0.4 is 51.8 Å². The van der Waals surface area contributed by atoms with Gasteiger partial charge in [0.15, 0.2) is 21.3 Å². The number of amides is 1. The van der Waals surface area contributed by atoms with E-state index in [4.69, 9.17) is 55.7 Å². The van der Waals surface area contributed by atoms with Crippen LogP contribution in [0.1, 0.15) is 34.3 Å². The number of hydrogen-bond acceptors (Lipinski definition) is 43. The Balaban J connectivity index is 0.000000246. The summed E-state index contributed by atoms with van der Waals surface area (Å²) in [5.74, 6) is -1.43. The second-order valence-corrected chi connectivity index (χ2v) is 38.5. The maximum Gasteiger partial charge on any atom is 0.397 e. The number of benzene rings is 9. The molecule has 16 N–H and O–H groups in total. The van der Waals surface area contributed by atoms with E-state index in [0.717, 1.165) is 19.2 Å². The third-order valence-corrected chi connectivity index (χ3v) is 25.5. The molecule has 13 aromatic rings. The highest BCUT2D eigenvalue weighted by atomic mass is 35.5. The largest absolute Gasteiger partial charge is 0.505 e. The Hall–Kier alpha value is -13.2. The fourth-order valence-electron chi connectivity index (χ4n) is 13.0. The van der Waals surface area contributed by atoms with Gasteiger partial charge in [-0.25, -0.2) is 12.6 Å². The average Bonchev–Trinajstić information content (AvgIpc) is 0.751. The fourth-order valence-corrected chi connectivity index (χ4v) is 18.0. The molecule has 4 aromatic heterocycles. The zero-order valence-electron chi connectivity index (χ0n) is 70.4. The van der Waals surface area contributed by atoms with Gasteiger partial charge in [0, 0.05) is 102 Å². The molecule has 0 atom stereocenters. The second-order valence-electron chi connectivity index (χ2n) is 28.4. The summed E-state index contributed by atoms with van der Waals surface area (Å²) in [4.78, 5) is 63.1. The molecule has 13 rings (SSSR count). The monoisotopic (exact) mass is 2070 g/mol. The first-order valence-corrected chi connectivity index (χ1v) is 49.3. The topological polar surface area (TPSA) is 717 Å². The smallest absolute Gasteiger partial charge is 0.397 e. The average molecular weight is 2070 g/mol. The van der Waals surface area contributed by atoms with Crippen molar-refractivity contribution in [2.75, 3.05) is 121 Å². The summed E-state index contributed by atoms with van der Waals surface area (Å²) in [5.41, 5.74) is 1.83. The van der Waals surface area contributed by atoms with Gasteiger partial charge in [-0.2, -0.15) is 102 Å². The van der Waals surface area contributed by atoms with Gasteiger partial charge in [-0.15, -0.1) is 20.5 Å². The van der Waals surface area contributed by atoms with Crippen LogP contribution in [0.25, 0.3) is 32.3 Å². The van der Waals surface area contributed by atoms with E-state index in [1.165, 1.54) is 49.5 Å². The molecule has 0 bridgehead atoms. The van der Waals surface area contributed by atoms with E-state index in [-0.39, 0.29) is 158 Å².